The van der Waals surface area contributed by atoms with Gasteiger partial charge in [-0.2, -0.15) is 13.2 Å². The first-order valence-corrected chi connectivity index (χ1v) is 6.29. The van der Waals surface area contributed by atoms with Crippen molar-refractivity contribution in [2.24, 2.45) is 11.1 Å². The molecule has 6 heteroatoms. The molecule has 0 saturated heterocycles. The number of hydrogen-bond donors (Lipinski definition) is 0. The van der Waals surface area contributed by atoms with Crippen LogP contribution in [0.4, 0.5) is 13.2 Å². The smallest absolute Gasteiger partial charge is 0.395 e. The maximum absolute atomic E-state index is 12.9. The van der Waals surface area contributed by atoms with E-state index in [4.69, 9.17) is 16.4 Å². The van der Waals surface area contributed by atoms with Crippen molar-refractivity contribution >= 4 is 17.3 Å². The first-order valence-electron chi connectivity index (χ1n) is 5.91. The van der Waals surface area contributed by atoms with Gasteiger partial charge >= 0.3 is 6.18 Å². The fraction of sp³-hybridized carbons (Fsp3) is 0.462. The van der Waals surface area contributed by atoms with Gasteiger partial charge in [-0.1, -0.05) is 16.8 Å². The van der Waals surface area contributed by atoms with Crippen molar-refractivity contribution in [3.05, 3.63) is 34.3 Å². The normalized spacial score (nSPS) is 16.6. The van der Waals surface area contributed by atoms with E-state index in [0.29, 0.717) is 12.5 Å². The van der Waals surface area contributed by atoms with Crippen molar-refractivity contribution in [3.63, 3.8) is 0 Å². The summed E-state index contributed by atoms with van der Waals surface area (Å²) in [5.41, 5.74) is -0.626. The summed E-state index contributed by atoms with van der Waals surface area (Å²) in [6.07, 6.45) is -2.24. The Balaban J connectivity index is 2.22. The number of benzene rings is 1. The number of rotatable bonds is 4. The summed E-state index contributed by atoms with van der Waals surface area (Å²) in [5, 5.41) is 3.98. The highest BCUT2D eigenvalue weighted by Crippen LogP contribution is 2.34. The van der Waals surface area contributed by atoms with Gasteiger partial charge in [0.1, 0.15) is 6.61 Å². The van der Waals surface area contributed by atoms with E-state index in [9.17, 15) is 13.2 Å². The molecule has 1 aromatic carbocycles. The Bertz CT molecular complexity index is 495. The molecule has 1 aromatic rings. The van der Waals surface area contributed by atoms with Gasteiger partial charge in [-0.15, -0.1) is 0 Å². The summed E-state index contributed by atoms with van der Waals surface area (Å²) in [6, 6.07) is 3.42. The molecule has 2 rings (SSSR count). The third-order valence-electron chi connectivity index (χ3n) is 2.89. The van der Waals surface area contributed by atoms with Gasteiger partial charge in [0.25, 0.3) is 0 Å². The molecule has 1 aliphatic carbocycles. The monoisotopic (exact) mass is 291 g/mol. The van der Waals surface area contributed by atoms with E-state index in [-0.39, 0.29) is 16.3 Å². The number of oxime groups is 1. The fourth-order valence-corrected chi connectivity index (χ4v) is 1.81. The number of hydrogen-bond acceptors (Lipinski definition) is 2. The van der Waals surface area contributed by atoms with E-state index < -0.39 is 11.7 Å². The van der Waals surface area contributed by atoms with Gasteiger partial charge in [0.15, 0.2) is 0 Å². The molecule has 2 nitrogen and oxygen atoms in total. The summed E-state index contributed by atoms with van der Waals surface area (Å²) < 4.78 is 38.6. The van der Waals surface area contributed by atoms with Gasteiger partial charge < -0.3 is 4.84 Å². The highest BCUT2D eigenvalue weighted by atomic mass is 35.5. The minimum Gasteiger partial charge on any atom is -0.395 e. The van der Waals surface area contributed by atoms with Crippen LogP contribution in [0, 0.1) is 5.92 Å². The molecule has 104 valence electrons. The molecule has 0 atom stereocenters. The predicted octanol–water partition coefficient (Wildman–Crippen LogP) is 4.51. The summed E-state index contributed by atoms with van der Waals surface area (Å²) in [5.74, 6) is 0.498. The van der Waals surface area contributed by atoms with Gasteiger partial charge in [-0.05, 0) is 43.9 Å². The molecule has 0 aromatic heterocycles. The van der Waals surface area contributed by atoms with Gasteiger partial charge in [-0.25, -0.2) is 0 Å². The molecule has 0 spiro atoms. The lowest BCUT2D eigenvalue weighted by molar-refractivity contribution is -0.137. The summed E-state index contributed by atoms with van der Waals surface area (Å²) >= 11 is 5.74. The Morgan fingerprint density at radius 3 is 2.68 bits per heavy atom. The van der Waals surface area contributed by atoms with E-state index in [1.165, 1.54) is 19.1 Å². The van der Waals surface area contributed by atoms with E-state index in [1.54, 1.807) is 0 Å². The molecule has 0 radical (unpaired) electrons. The number of halogens is 4. The van der Waals surface area contributed by atoms with Crippen molar-refractivity contribution in [2.75, 3.05) is 6.61 Å². The molecule has 0 N–H and O–H groups in total. The Morgan fingerprint density at radius 2 is 2.11 bits per heavy atom. The average molecular weight is 292 g/mol. The largest absolute Gasteiger partial charge is 0.417 e. The van der Waals surface area contributed by atoms with Crippen LogP contribution >= 0.6 is 11.6 Å². The zero-order valence-corrected chi connectivity index (χ0v) is 11.1. The highest BCUT2D eigenvalue weighted by Gasteiger charge is 2.34. The van der Waals surface area contributed by atoms with Crippen LogP contribution in [0.3, 0.4) is 0 Å². The van der Waals surface area contributed by atoms with Crippen LogP contribution in [-0.2, 0) is 11.0 Å². The quantitative estimate of drug-likeness (QED) is 0.591. The highest BCUT2D eigenvalue weighted by molar-refractivity contribution is 6.31. The SMILES string of the molecule is CC(=NOCC1CC1)c1cc(Cl)ccc1C(F)(F)F. The van der Waals surface area contributed by atoms with Gasteiger partial charge in [-0.3, -0.25) is 0 Å². The van der Waals surface area contributed by atoms with Gasteiger partial charge in [0.2, 0.25) is 0 Å². The molecule has 19 heavy (non-hydrogen) atoms. The lowest BCUT2D eigenvalue weighted by Crippen LogP contribution is -2.12. The summed E-state index contributed by atoms with van der Waals surface area (Å²) in [7, 11) is 0. The minimum absolute atomic E-state index is 0.0456. The van der Waals surface area contributed by atoms with Crippen molar-refractivity contribution in [2.45, 2.75) is 25.9 Å². The standard InChI is InChI=1S/C13H13ClF3NO/c1-8(18-19-7-9-2-3-9)11-6-10(14)4-5-12(11)13(15,16)17/h4-6,9H,2-3,7H2,1H3. The maximum Gasteiger partial charge on any atom is 0.417 e. The molecular weight excluding hydrogens is 279 g/mol. The van der Waals surface area contributed by atoms with E-state index >= 15 is 0 Å². The number of nitrogens with zero attached hydrogens (tertiary/aromatic N) is 1. The first kappa shape index (κ1) is 14.2. The lowest BCUT2D eigenvalue weighted by Gasteiger charge is -2.12. The molecular formula is C13H13ClF3NO. The molecule has 0 aliphatic heterocycles. The Kier molecular flexibility index (Phi) is 4.04. The molecule has 1 aliphatic rings. The molecule has 1 fully saturated rings. The van der Waals surface area contributed by atoms with Crippen molar-refractivity contribution in [1.29, 1.82) is 0 Å². The Morgan fingerprint density at radius 1 is 1.42 bits per heavy atom. The molecule has 0 bridgehead atoms. The molecule has 0 amide bonds. The third-order valence-corrected chi connectivity index (χ3v) is 3.12. The Labute approximate surface area is 114 Å². The lowest BCUT2D eigenvalue weighted by atomic mass is 10.0. The topological polar surface area (TPSA) is 21.6 Å². The molecule has 0 unspecified atom stereocenters. The zero-order chi connectivity index (χ0) is 14.0. The van der Waals surface area contributed by atoms with Gasteiger partial charge in [0, 0.05) is 10.6 Å². The van der Waals surface area contributed by atoms with Crippen molar-refractivity contribution in [3.8, 4) is 0 Å². The van der Waals surface area contributed by atoms with E-state index in [0.717, 1.165) is 18.9 Å². The fourth-order valence-electron chi connectivity index (χ4n) is 1.64. The second-order valence-corrected chi connectivity index (χ2v) is 5.04. The second kappa shape index (κ2) is 5.41. The Hall–Kier alpha value is -1.23. The van der Waals surface area contributed by atoms with Gasteiger partial charge in [0.05, 0.1) is 11.3 Å². The van der Waals surface area contributed by atoms with Crippen LogP contribution < -0.4 is 0 Å². The van der Waals surface area contributed by atoms with Crippen molar-refractivity contribution < 1.29 is 18.0 Å². The minimum atomic E-state index is -4.44. The summed E-state index contributed by atoms with van der Waals surface area (Å²) in [4.78, 5) is 5.06. The van der Waals surface area contributed by atoms with Crippen LogP contribution in [0.25, 0.3) is 0 Å². The van der Waals surface area contributed by atoms with E-state index in [2.05, 4.69) is 5.16 Å². The van der Waals surface area contributed by atoms with Crippen LogP contribution in [-0.4, -0.2) is 12.3 Å². The maximum atomic E-state index is 12.9. The van der Waals surface area contributed by atoms with E-state index in [1.807, 2.05) is 0 Å². The summed E-state index contributed by atoms with van der Waals surface area (Å²) in [6.45, 7) is 1.94. The molecule has 1 saturated carbocycles. The molecule has 0 heterocycles. The number of alkyl halides is 3. The third kappa shape index (κ3) is 3.86. The van der Waals surface area contributed by atoms with Crippen LogP contribution in [0.15, 0.2) is 23.4 Å². The van der Waals surface area contributed by atoms with Crippen LogP contribution in [0.2, 0.25) is 5.02 Å². The average Bonchev–Trinajstić information content (AvgIpc) is 3.11. The van der Waals surface area contributed by atoms with Crippen LogP contribution in [0.1, 0.15) is 30.9 Å². The first-order chi connectivity index (χ1) is 8.88. The zero-order valence-electron chi connectivity index (χ0n) is 10.3. The second-order valence-electron chi connectivity index (χ2n) is 4.60. The van der Waals surface area contributed by atoms with Crippen LogP contribution in [0.5, 0.6) is 0 Å². The predicted molar refractivity (Wildman–Crippen MR) is 67.3 cm³/mol. The van der Waals surface area contributed by atoms with Crippen molar-refractivity contribution in [1.82, 2.24) is 0 Å².